The molecule has 7 heteroatoms. The highest BCUT2D eigenvalue weighted by Crippen LogP contribution is 2.10. The normalized spacial score (nSPS) is 10.3. The van der Waals surface area contributed by atoms with E-state index in [1.165, 1.54) is 25.4 Å². The number of hydrogen-bond donors (Lipinski definition) is 0. The summed E-state index contributed by atoms with van der Waals surface area (Å²) in [7, 11) is 1.46. The van der Waals surface area contributed by atoms with Gasteiger partial charge in [0.2, 0.25) is 0 Å². The summed E-state index contributed by atoms with van der Waals surface area (Å²) in [5, 5.41) is 15.3. The number of amides is 1. The first-order valence-electron chi connectivity index (χ1n) is 5.23. The first-order chi connectivity index (χ1) is 8.54. The largest absolute Gasteiger partial charge is 0.448 e. The Labute approximate surface area is 104 Å². The Morgan fingerprint density at radius 3 is 2.61 bits per heavy atom. The van der Waals surface area contributed by atoms with Gasteiger partial charge >= 0.3 is 6.09 Å². The van der Waals surface area contributed by atoms with Crippen LogP contribution in [0, 0.1) is 10.1 Å². The summed E-state index contributed by atoms with van der Waals surface area (Å²) in [4.78, 5) is 21.2. The number of nitro benzene ring substituents is 1. The first kappa shape index (κ1) is 13.6. The van der Waals surface area contributed by atoms with E-state index in [2.05, 4.69) is 5.10 Å². The molecule has 1 aromatic rings. The van der Waals surface area contributed by atoms with E-state index in [1.807, 2.05) is 0 Å². The van der Waals surface area contributed by atoms with E-state index < -0.39 is 11.0 Å². The van der Waals surface area contributed by atoms with Gasteiger partial charge in [0, 0.05) is 19.2 Å². The second-order valence-corrected chi connectivity index (χ2v) is 3.32. The van der Waals surface area contributed by atoms with E-state index in [0.29, 0.717) is 5.56 Å². The fourth-order valence-corrected chi connectivity index (χ4v) is 1.10. The molecule has 0 aromatic heterocycles. The Morgan fingerprint density at radius 2 is 2.11 bits per heavy atom. The molecule has 0 heterocycles. The van der Waals surface area contributed by atoms with Gasteiger partial charge in [-0.05, 0) is 24.6 Å². The van der Waals surface area contributed by atoms with Gasteiger partial charge in [0.1, 0.15) is 0 Å². The molecule has 0 saturated carbocycles. The maximum absolute atomic E-state index is 11.2. The van der Waals surface area contributed by atoms with Gasteiger partial charge in [-0.2, -0.15) is 5.10 Å². The van der Waals surface area contributed by atoms with Crippen LogP contribution in [0.25, 0.3) is 0 Å². The van der Waals surface area contributed by atoms with Crippen LogP contribution >= 0.6 is 0 Å². The standard InChI is InChI=1S/C11H13N3O4/c1-3-18-11(15)13(2)12-8-9-4-6-10(7-5-9)14(16)17/h4-8H,3H2,1-2H3/b12-8+. The second kappa shape index (κ2) is 6.33. The van der Waals surface area contributed by atoms with Gasteiger partial charge in [0.15, 0.2) is 0 Å². The summed E-state index contributed by atoms with van der Waals surface area (Å²) < 4.78 is 4.73. The van der Waals surface area contributed by atoms with Crippen molar-refractivity contribution < 1.29 is 14.5 Å². The smallest absolute Gasteiger partial charge is 0.430 e. The SMILES string of the molecule is CCOC(=O)N(C)/N=C/c1ccc([N+](=O)[O-])cc1. The van der Waals surface area contributed by atoms with E-state index in [0.717, 1.165) is 5.01 Å². The van der Waals surface area contributed by atoms with Crippen molar-refractivity contribution in [2.24, 2.45) is 5.10 Å². The molecular weight excluding hydrogens is 238 g/mol. The van der Waals surface area contributed by atoms with Crippen LogP contribution in [-0.4, -0.2) is 35.9 Å². The van der Waals surface area contributed by atoms with Crippen molar-refractivity contribution >= 4 is 18.0 Å². The van der Waals surface area contributed by atoms with Crippen molar-refractivity contribution in [1.29, 1.82) is 0 Å². The Morgan fingerprint density at radius 1 is 1.50 bits per heavy atom. The number of carbonyl (C=O) groups excluding carboxylic acids is 1. The predicted octanol–water partition coefficient (Wildman–Crippen LogP) is 2.02. The van der Waals surface area contributed by atoms with Crippen LogP contribution in [0.4, 0.5) is 10.5 Å². The Bertz CT molecular complexity index is 456. The van der Waals surface area contributed by atoms with Crippen molar-refractivity contribution in [3.8, 4) is 0 Å². The van der Waals surface area contributed by atoms with Crippen molar-refractivity contribution in [1.82, 2.24) is 5.01 Å². The fourth-order valence-electron chi connectivity index (χ4n) is 1.10. The topological polar surface area (TPSA) is 85.0 Å². The fraction of sp³-hybridized carbons (Fsp3) is 0.273. The van der Waals surface area contributed by atoms with E-state index in [9.17, 15) is 14.9 Å². The second-order valence-electron chi connectivity index (χ2n) is 3.32. The lowest BCUT2D eigenvalue weighted by Gasteiger charge is -2.09. The number of nitro groups is 1. The summed E-state index contributed by atoms with van der Waals surface area (Å²) in [6, 6.07) is 5.82. The molecule has 0 aliphatic rings. The van der Waals surface area contributed by atoms with Gasteiger partial charge in [-0.15, -0.1) is 0 Å². The van der Waals surface area contributed by atoms with E-state index in [4.69, 9.17) is 4.74 Å². The third kappa shape index (κ3) is 3.85. The monoisotopic (exact) mass is 251 g/mol. The van der Waals surface area contributed by atoms with Crippen LogP contribution in [0.15, 0.2) is 29.4 Å². The number of rotatable bonds is 4. The number of benzene rings is 1. The molecule has 0 atom stereocenters. The van der Waals surface area contributed by atoms with Crippen LogP contribution in [0.1, 0.15) is 12.5 Å². The van der Waals surface area contributed by atoms with E-state index in [-0.39, 0.29) is 12.3 Å². The summed E-state index contributed by atoms with van der Waals surface area (Å²) in [5.74, 6) is 0. The Kier molecular flexibility index (Phi) is 4.79. The minimum Gasteiger partial charge on any atom is -0.448 e. The molecule has 96 valence electrons. The van der Waals surface area contributed by atoms with E-state index >= 15 is 0 Å². The Hall–Kier alpha value is -2.44. The highest BCUT2D eigenvalue weighted by molar-refractivity contribution is 5.81. The molecule has 0 aliphatic heterocycles. The number of ether oxygens (including phenoxy) is 1. The molecule has 1 amide bonds. The minimum atomic E-state index is -0.560. The molecule has 0 fully saturated rings. The van der Waals surface area contributed by atoms with Crippen molar-refractivity contribution in [2.45, 2.75) is 6.92 Å². The Balaban J connectivity index is 2.67. The number of nitrogens with zero attached hydrogens (tertiary/aromatic N) is 3. The third-order valence-electron chi connectivity index (χ3n) is 2.02. The predicted molar refractivity (Wildman–Crippen MR) is 65.5 cm³/mol. The van der Waals surface area contributed by atoms with Crippen molar-refractivity contribution in [3.05, 3.63) is 39.9 Å². The maximum atomic E-state index is 11.2. The molecular formula is C11H13N3O4. The van der Waals surface area contributed by atoms with Crippen LogP contribution < -0.4 is 0 Å². The minimum absolute atomic E-state index is 0.00546. The number of hydrogen-bond acceptors (Lipinski definition) is 5. The first-order valence-corrected chi connectivity index (χ1v) is 5.23. The zero-order valence-electron chi connectivity index (χ0n) is 10.1. The molecule has 7 nitrogen and oxygen atoms in total. The number of non-ortho nitro benzene ring substituents is 1. The average molecular weight is 251 g/mol. The zero-order chi connectivity index (χ0) is 13.5. The van der Waals surface area contributed by atoms with Crippen LogP contribution in [0.5, 0.6) is 0 Å². The number of hydrazone groups is 1. The highest BCUT2D eigenvalue weighted by Gasteiger charge is 2.06. The molecule has 0 saturated heterocycles. The van der Waals surface area contributed by atoms with Crippen LogP contribution in [0.3, 0.4) is 0 Å². The lowest BCUT2D eigenvalue weighted by Crippen LogP contribution is -2.22. The number of carbonyl (C=O) groups is 1. The summed E-state index contributed by atoms with van der Waals surface area (Å²) in [5.41, 5.74) is 0.655. The summed E-state index contributed by atoms with van der Waals surface area (Å²) >= 11 is 0. The molecule has 1 rings (SSSR count). The van der Waals surface area contributed by atoms with Crippen LogP contribution in [0.2, 0.25) is 0 Å². The molecule has 0 radical (unpaired) electrons. The van der Waals surface area contributed by atoms with Gasteiger partial charge in [0.25, 0.3) is 5.69 Å². The molecule has 0 aliphatic carbocycles. The summed E-state index contributed by atoms with van der Waals surface area (Å²) in [6.07, 6.45) is 0.858. The summed E-state index contributed by atoms with van der Waals surface area (Å²) in [6.45, 7) is 1.97. The molecule has 18 heavy (non-hydrogen) atoms. The zero-order valence-corrected chi connectivity index (χ0v) is 10.1. The molecule has 1 aromatic carbocycles. The van der Waals surface area contributed by atoms with Crippen molar-refractivity contribution in [2.75, 3.05) is 13.7 Å². The average Bonchev–Trinajstić information content (AvgIpc) is 2.36. The molecule has 0 bridgehead atoms. The molecule has 0 unspecified atom stereocenters. The lowest BCUT2D eigenvalue weighted by atomic mass is 10.2. The van der Waals surface area contributed by atoms with Gasteiger partial charge in [0.05, 0.1) is 17.7 Å². The lowest BCUT2D eigenvalue weighted by molar-refractivity contribution is -0.384. The molecule has 0 N–H and O–H groups in total. The van der Waals surface area contributed by atoms with Gasteiger partial charge in [-0.3, -0.25) is 10.1 Å². The quantitative estimate of drug-likeness (QED) is 0.465. The highest BCUT2D eigenvalue weighted by atomic mass is 16.6. The van der Waals surface area contributed by atoms with Gasteiger partial charge in [-0.25, -0.2) is 9.80 Å². The van der Waals surface area contributed by atoms with Crippen molar-refractivity contribution in [3.63, 3.8) is 0 Å². The molecule has 0 spiro atoms. The van der Waals surface area contributed by atoms with Gasteiger partial charge < -0.3 is 4.74 Å². The van der Waals surface area contributed by atoms with Crippen LogP contribution in [-0.2, 0) is 4.74 Å². The maximum Gasteiger partial charge on any atom is 0.430 e. The van der Waals surface area contributed by atoms with Gasteiger partial charge in [-0.1, -0.05) is 0 Å². The van der Waals surface area contributed by atoms with E-state index in [1.54, 1.807) is 19.1 Å². The third-order valence-corrected chi connectivity index (χ3v) is 2.02.